The SMILES string of the molecule is Cc1n[nH]c(C)c1-c1ccc2cc(C(=O)NCC3OCCO3)ccc2c1. The summed E-state index contributed by atoms with van der Waals surface area (Å²) in [4.78, 5) is 12.4. The summed E-state index contributed by atoms with van der Waals surface area (Å²) in [6.07, 6.45) is -0.344. The van der Waals surface area contributed by atoms with E-state index in [1.807, 2.05) is 38.1 Å². The summed E-state index contributed by atoms with van der Waals surface area (Å²) in [7, 11) is 0. The first-order valence-electron chi connectivity index (χ1n) is 8.69. The van der Waals surface area contributed by atoms with E-state index < -0.39 is 0 Å². The van der Waals surface area contributed by atoms with Crippen molar-refractivity contribution in [2.75, 3.05) is 19.8 Å². The Morgan fingerprint density at radius 3 is 2.62 bits per heavy atom. The number of H-pyrrole nitrogens is 1. The first-order valence-corrected chi connectivity index (χ1v) is 8.69. The summed E-state index contributed by atoms with van der Waals surface area (Å²) in [5.41, 5.74) is 4.90. The van der Waals surface area contributed by atoms with Gasteiger partial charge in [-0.3, -0.25) is 9.89 Å². The molecule has 1 aromatic heterocycles. The van der Waals surface area contributed by atoms with E-state index in [4.69, 9.17) is 9.47 Å². The van der Waals surface area contributed by atoms with Gasteiger partial charge in [0.1, 0.15) is 0 Å². The van der Waals surface area contributed by atoms with Crippen LogP contribution in [-0.2, 0) is 9.47 Å². The van der Waals surface area contributed by atoms with Crippen LogP contribution in [0.15, 0.2) is 36.4 Å². The van der Waals surface area contributed by atoms with E-state index in [1.165, 1.54) is 0 Å². The lowest BCUT2D eigenvalue weighted by Crippen LogP contribution is -2.32. The largest absolute Gasteiger partial charge is 0.348 e. The van der Waals surface area contributed by atoms with Gasteiger partial charge in [0.25, 0.3) is 5.91 Å². The number of carbonyl (C=O) groups excluding carboxylic acids is 1. The normalized spacial score (nSPS) is 14.8. The van der Waals surface area contributed by atoms with Gasteiger partial charge >= 0.3 is 0 Å². The highest BCUT2D eigenvalue weighted by molar-refractivity contribution is 5.99. The van der Waals surface area contributed by atoms with Crippen molar-refractivity contribution in [3.05, 3.63) is 53.3 Å². The number of aryl methyl sites for hydroxylation is 2. The van der Waals surface area contributed by atoms with Gasteiger partial charge in [0.05, 0.1) is 25.5 Å². The van der Waals surface area contributed by atoms with Crippen molar-refractivity contribution in [1.82, 2.24) is 15.5 Å². The van der Waals surface area contributed by atoms with E-state index in [1.54, 1.807) is 0 Å². The molecule has 1 aliphatic heterocycles. The Morgan fingerprint density at radius 1 is 1.15 bits per heavy atom. The standard InChI is InChI=1S/C20H21N3O3/c1-12-19(13(2)23-22-12)16-5-3-15-10-17(6-4-14(15)9-16)20(24)21-11-18-25-7-8-26-18/h3-6,9-10,18H,7-8,11H2,1-2H3,(H,21,24)(H,22,23). The van der Waals surface area contributed by atoms with Crippen molar-refractivity contribution in [3.63, 3.8) is 0 Å². The summed E-state index contributed by atoms with van der Waals surface area (Å²) in [6, 6.07) is 11.9. The molecule has 1 fully saturated rings. The molecule has 6 nitrogen and oxygen atoms in total. The number of hydrogen-bond acceptors (Lipinski definition) is 4. The lowest BCUT2D eigenvalue weighted by Gasteiger charge is -2.11. The second-order valence-electron chi connectivity index (χ2n) is 6.47. The average Bonchev–Trinajstić information content (AvgIpc) is 3.28. The number of ether oxygens (including phenoxy) is 2. The summed E-state index contributed by atoms with van der Waals surface area (Å²) in [6.45, 7) is 5.52. The molecule has 134 valence electrons. The summed E-state index contributed by atoms with van der Waals surface area (Å²) < 4.78 is 10.7. The van der Waals surface area contributed by atoms with Gasteiger partial charge in [0, 0.05) is 16.8 Å². The van der Waals surface area contributed by atoms with Crippen LogP contribution in [0.2, 0.25) is 0 Å². The molecule has 2 N–H and O–H groups in total. The first kappa shape index (κ1) is 16.8. The number of fused-ring (bicyclic) bond motifs is 1. The van der Waals surface area contributed by atoms with Gasteiger partial charge in [-0.25, -0.2) is 0 Å². The number of aromatic nitrogens is 2. The number of carbonyl (C=O) groups is 1. The maximum atomic E-state index is 12.4. The number of nitrogens with one attached hydrogen (secondary N) is 2. The Morgan fingerprint density at radius 2 is 1.88 bits per heavy atom. The Hall–Kier alpha value is -2.70. The number of benzene rings is 2. The molecule has 0 radical (unpaired) electrons. The second kappa shape index (κ2) is 6.90. The third kappa shape index (κ3) is 3.21. The van der Waals surface area contributed by atoms with Gasteiger partial charge in [-0.05, 0) is 48.4 Å². The van der Waals surface area contributed by atoms with Crippen LogP contribution in [0, 0.1) is 13.8 Å². The molecule has 1 aliphatic rings. The average molecular weight is 351 g/mol. The lowest BCUT2D eigenvalue weighted by atomic mass is 9.99. The zero-order chi connectivity index (χ0) is 18.1. The minimum atomic E-state index is -0.344. The molecule has 1 amide bonds. The highest BCUT2D eigenvalue weighted by Gasteiger charge is 2.17. The number of aromatic amines is 1. The number of rotatable bonds is 4. The van der Waals surface area contributed by atoms with Crippen LogP contribution < -0.4 is 5.32 Å². The molecule has 6 heteroatoms. The fraction of sp³-hybridized carbons (Fsp3) is 0.300. The molecule has 0 saturated carbocycles. The maximum absolute atomic E-state index is 12.4. The number of nitrogens with zero attached hydrogens (tertiary/aromatic N) is 1. The van der Waals surface area contributed by atoms with Crippen molar-refractivity contribution in [3.8, 4) is 11.1 Å². The Kier molecular flexibility index (Phi) is 4.44. The van der Waals surface area contributed by atoms with Gasteiger partial charge in [-0.15, -0.1) is 0 Å². The van der Waals surface area contributed by atoms with Crippen LogP contribution in [-0.4, -0.2) is 42.2 Å². The minimum absolute atomic E-state index is 0.128. The molecule has 26 heavy (non-hydrogen) atoms. The van der Waals surface area contributed by atoms with Crippen molar-refractivity contribution >= 4 is 16.7 Å². The zero-order valence-corrected chi connectivity index (χ0v) is 14.8. The zero-order valence-electron chi connectivity index (χ0n) is 14.8. The van der Waals surface area contributed by atoms with Crippen LogP contribution in [0.1, 0.15) is 21.7 Å². The highest BCUT2D eigenvalue weighted by Crippen LogP contribution is 2.28. The fourth-order valence-electron chi connectivity index (χ4n) is 3.32. The molecule has 4 rings (SSSR count). The van der Waals surface area contributed by atoms with Gasteiger partial charge in [-0.1, -0.05) is 18.2 Å². The Balaban J connectivity index is 1.56. The predicted molar refractivity (Wildman–Crippen MR) is 99.0 cm³/mol. The Bertz CT molecular complexity index is 939. The topological polar surface area (TPSA) is 76.2 Å². The van der Waals surface area contributed by atoms with E-state index in [9.17, 15) is 4.79 Å². The molecule has 3 aromatic rings. The quantitative estimate of drug-likeness (QED) is 0.758. The van der Waals surface area contributed by atoms with Crippen LogP contribution in [0.5, 0.6) is 0 Å². The molecule has 0 unspecified atom stereocenters. The lowest BCUT2D eigenvalue weighted by molar-refractivity contribution is -0.0379. The highest BCUT2D eigenvalue weighted by atomic mass is 16.7. The smallest absolute Gasteiger partial charge is 0.251 e. The molecule has 1 saturated heterocycles. The molecule has 0 atom stereocenters. The third-order valence-corrected chi connectivity index (χ3v) is 4.64. The summed E-state index contributed by atoms with van der Waals surface area (Å²) in [5, 5.41) is 12.2. The van der Waals surface area contributed by atoms with Crippen molar-refractivity contribution in [1.29, 1.82) is 0 Å². The van der Waals surface area contributed by atoms with Crippen LogP contribution in [0.3, 0.4) is 0 Å². The monoisotopic (exact) mass is 351 g/mol. The molecule has 2 heterocycles. The minimum Gasteiger partial charge on any atom is -0.348 e. The first-order chi connectivity index (χ1) is 12.6. The Labute approximate surface area is 151 Å². The molecule has 0 spiro atoms. The van der Waals surface area contributed by atoms with Gasteiger partial charge in [0.15, 0.2) is 6.29 Å². The van der Waals surface area contributed by atoms with Gasteiger partial charge < -0.3 is 14.8 Å². The van der Waals surface area contributed by atoms with Crippen molar-refractivity contribution < 1.29 is 14.3 Å². The van der Waals surface area contributed by atoms with Crippen LogP contribution >= 0.6 is 0 Å². The van der Waals surface area contributed by atoms with E-state index in [0.717, 1.165) is 33.3 Å². The fourth-order valence-corrected chi connectivity index (χ4v) is 3.32. The molecular formula is C20H21N3O3. The molecule has 0 aliphatic carbocycles. The maximum Gasteiger partial charge on any atom is 0.251 e. The van der Waals surface area contributed by atoms with E-state index in [0.29, 0.717) is 25.3 Å². The van der Waals surface area contributed by atoms with E-state index >= 15 is 0 Å². The van der Waals surface area contributed by atoms with Crippen molar-refractivity contribution in [2.24, 2.45) is 0 Å². The summed E-state index contributed by atoms with van der Waals surface area (Å²) in [5.74, 6) is -0.128. The van der Waals surface area contributed by atoms with Crippen molar-refractivity contribution in [2.45, 2.75) is 20.1 Å². The third-order valence-electron chi connectivity index (χ3n) is 4.64. The van der Waals surface area contributed by atoms with Gasteiger partial charge in [-0.2, -0.15) is 5.10 Å². The number of amides is 1. The van der Waals surface area contributed by atoms with Crippen LogP contribution in [0.4, 0.5) is 0 Å². The van der Waals surface area contributed by atoms with E-state index in [-0.39, 0.29) is 12.2 Å². The molecule has 0 bridgehead atoms. The van der Waals surface area contributed by atoms with E-state index in [2.05, 4.69) is 27.6 Å². The van der Waals surface area contributed by atoms with Crippen LogP contribution in [0.25, 0.3) is 21.9 Å². The second-order valence-corrected chi connectivity index (χ2v) is 6.47. The van der Waals surface area contributed by atoms with Gasteiger partial charge in [0.2, 0.25) is 0 Å². The molecule has 2 aromatic carbocycles. The number of hydrogen-bond donors (Lipinski definition) is 2. The summed E-state index contributed by atoms with van der Waals surface area (Å²) >= 11 is 0. The predicted octanol–water partition coefficient (Wildman–Crippen LogP) is 2.95. The molecular weight excluding hydrogens is 330 g/mol.